The first-order valence-corrected chi connectivity index (χ1v) is 8.45. The Kier molecular flexibility index (Phi) is 3.65. The molecule has 1 N–H and O–H groups in total. The molecule has 5 nitrogen and oxygen atoms in total. The van der Waals surface area contributed by atoms with E-state index in [1.807, 2.05) is 4.90 Å². The maximum Gasteiger partial charge on any atom is 0.433 e. The molecule has 130 valence electrons. The quantitative estimate of drug-likeness (QED) is 0.852. The maximum absolute atomic E-state index is 13.5. The van der Waals surface area contributed by atoms with Gasteiger partial charge in [-0.1, -0.05) is 0 Å². The SMILES string of the molecule is O=C1C[C@H]2CC[C@@H](CN1)N2c1nc2c(c(C(F)(F)F)n1)CCCC2. The van der Waals surface area contributed by atoms with Crippen molar-refractivity contribution in [2.75, 3.05) is 11.4 Å². The molecule has 1 aliphatic carbocycles. The summed E-state index contributed by atoms with van der Waals surface area (Å²) >= 11 is 0. The average molecular weight is 340 g/mol. The highest BCUT2D eigenvalue weighted by molar-refractivity contribution is 5.78. The maximum atomic E-state index is 13.5. The molecule has 1 aromatic heterocycles. The number of carbonyl (C=O) groups excluding carboxylic acids is 1. The fourth-order valence-electron chi connectivity index (χ4n) is 4.14. The lowest BCUT2D eigenvalue weighted by molar-refractivity contribution is -0.142. The van der Waals surface area contributed by atoms with Gasteiger partial charge < -0.3 is 10.2 Å². The van der Waals surface area contributed by atoms with Gasteiger partial charge in [-0.25, -0.2) is 9.97 Å². The van der Waals surface area contributed by atoms with Crippen molar-refractivity contribution in [3.8, 4) is 0 Å². The fraction of sp³-hybridized carbons (Fsp3) is 0.688. The minimum atomic E-state index is -4.47. The van der Waals surface area contributed by atoms with Gasteiger partial charge in [-0.2, -0.15) is 13.2 Å². The lowest BCUT2D eigenvalue weighted by Gasteiger charge is -2.30. The molecular formula is C16H19F3N4O. The Bertz CT molecular complexity index is 676. The predicted molar refractivity (Wildman–Crippen MR) is 80.6 cm³/mol. The van der Waals surface area contributed by atoms with Gasteiger partial charge in [0.15, 0.2) is 5.69 Å². The summed E-state index contributed by atoms with van der Waals surface area (Å²) in [5.74, 6) is 0.0909. The molecule has 0 spiro atoms. The van der Waals surface area contributed by atoms with Crippen LogP contribution in [0.15, 0.2) is 0 Å². The summed E-state index contributed by atoms with van der Waals surface area (Å²) in [5.41, 5.74) is 0.000473. The van der Waals surface area contributed by atoms with Crippen molar-refractivity contribution in [2.45, 2.75) is 63.2 Å². The molecule has 3 aliphatic rings. The van der Waals surface area contributed by atoms with Gasteiger partial charge in [-0.3, -0.25) is 4.79 Å². The van der Waals surface area contributed by atoms with Crippen LogP contribution in [0, 0.1) is 0 Å². The third-order valence-corrected chi connectivity index (χ3v) is 5.25. The molecule has 2 atom stereocenters. The first-order valence-electron chi connectivity index (χ1n) is 8.45. The van der Waals surface area contributed by atoms with Crippen molar-refractivity contribution in [1.82, 2.24) is 15.3 Å². The van der Waals surface area contributed by atoms with Crippen LogP contribution in [0.25, 0.3) is 0 Å². The molecule has 2 fully saturated rings. The monoisotopic (exact) mass is 340 g/mol. The Labute approximate surface area is 137 Å². The Hall–Kier alpha value is -1.86. The van der Waals surface area contributed by atoms with E-state index in [1.54, 1.807) is 0 Å². The second-order valence-electron chi connectivity index (χ2n) is 6.80. The molecule has 4 rings (SSSR count). The van der Waals surface area contributed by atoms with Crippen LogP contribution in [0.1, 0.15) is 49.1 Å². The molecule has 0 unspecified atom stereocenters. The van der Waals surface area contributed by atoms with E-state index in [4.69, 9.17) is 0 Å². The van der Waals surface area contributed by atoms with Gasteiger partial charge in [0, 0.05) is 36.3 Å². The molecule has 2 aliphatic heterocycles. The first kappa shape index (κ1) is 15.7. The number of nitrogens with zero attached hydrogens (tertiary/aromatic N) is 3. The molecule has 0 saturated carbocycles. The van der Waals surface area contributed by atoms with Gasteiger partial charge in [-0.15, -0.1) is 0 Å². The Morgan fingerprint density at radius 3 is 2.62 bits per heavy atom. The summed E-state index contributed by atoms with van der Waals surface area (Å²) in [6.45, 7) is 0.442. The number of carbonyl (C=O) groups is 1. The van der Waals surface area contributed by atoms with Crippen LogP contribution in [0.5, 0.6) is 0 Å². The first-order chi connectivity index (χ1) is 11.4. The van der Waals surface area contributed by atoms with Gasteiger partial charge in [0.25, 0.3) is 0 Å². The Morgan fingerprint density at radius 1 is 1.08 bits per heavy atom. The van der Waals surface area contributed by atoms with E-state index >= 15 is 0 Å². The van der Waals surface area contributed by atoms with Gasteiger partial charge >= 0.3 is 6.18 Å². The molecule has 1 aromatic rings. The molecule has 24 heavy (non-hydrogen) atoms. The van der Waals surface area contributed by atoms with Crippen molar-refractivity contribution in [2.24, 2.45) is 0 Å². The number of aryl methyl sites for hydroxylation is 1. The normalized spacial score (nSPS) is 26.8. The second-order valence-corrected chi connectivity index (χ2v) is 6.80. The number of nitrogens with one attached hydrogen (secondary N) is 1. The zero-order chi connectivity index (χ0) is 16.9. The summed E-state index contributed by atoms with van der Waals surface area (Å²) < 4.78 is 40.5. The van der Waals surface area contributed by atoms with E-state index in [0.29, 0.717) is 25.1 Å². The van der Waals surface area contributed by atoms with E-state index in [-0.39, 0.29) is 35.9 Å². The van der Waals surface area contributed by atoms with Crippen molar-refractivity contribution < 1.29 is 18.0 Å². The largest absolute Gasteiger partial charge is 0.433 e. The Balaban J connectivity index is 1.79. The molecule has 3 heterocycles. The van der Waals surface area contributed by atoms with Crippen LogP contribution in [-0.2, 0) is 23.8 Å². The van der Waals surface area contributed by atoms with Crippen LogP contribution >= 0.6 is 0 Å². The van der Waals surface area contributed by atoms with Crippen LogP contribution in [0.4, 0.5) is 19.1 Å². The number of hydrogen-bond acceptors (Lipinski definition) is 4. The highest BCUT2D eigenvalue weighted by Crippen LogP contribution is 2.38. The molecule has 2 saturated heterocycles. The smallest absolute Gasteiger partial charge is 0.354 e. The fourth-order valence-corrected chi connectivity index (χ4v) is 4.14. The topological polar surface area (TPSA) is 58.1 Å². The summed E-state index contributed by atoms with van der Waals surface area (Å²) in [4.78, 5) is 22.0. The van der Waals surface area contributed by atoms with Gasteiger partial charge in [0.05, 0.1) is 0 Å². The number of fused-ring (bicyclic) bond motifs is 3. The van der Waals surface area contributed by atoms with Crippen LogP contribution < -0.4 is 10.2 Å². The molecular weight excluding hydrogens is 321 g/mol. The van der Waals surface area contributed by atoms with E-state index in [0.717, 1.165) is 25.7 Å². The minimum Gasteiger partial charge on any atom is -0.354 e. The van der Waals surface area contributed by atoms with Crippen LogP contribution in [0.3, 0.4) is 0 Å². The Morgan fingerprint density at radius 2 is 1.83 bits per heavy atom. The van der Waals surface area contributed by atoms with Gasteiger partial charge in [0.2, 0.25) is 11.9 Å². The molecule has 8 heteroatoms. The number of amides is 1. The number of aromatic nitrogens is 2. The molecule has 0 radical (unpaired) electrons. The zero-order valence-corrected chi connectivity index (χ0v) is 13.2. The number of rotatable bonds is 1. The minimum absolute atomic E-state index is 0.0239. The highest BCUT2D eigenvalue weighted by Gasteiger charge is 2.42. The van der Waals surface area contributed by atoms with E-state index < -0.39 is 11.9 Å². The van der Waals surface area contributed by atoms with Gasteiger partial charge in [0.1, 0.15) is 0 Å². The molecule has 2 bridgehead atoms. The van der Waals surface area contributed by atoms with Crippen molar-refractivity contribution in [3.05, 3.63) is 17.0 Å². The summed E-state index contributed by atoms with van der Waals surface area (Å²) in [6.07, 6.45) is -0.00549. The van der Waals surface area contributed by atoms with E-state index in [9.17, 15) is 18.0 Å². The van der Waals surface area contributed by atoms with E-state index in [2.05, 4.69) is 15.3 Å². The lowest BCUT2D eigenvalue weighted by Crippen LogP contribution is -2.40. The van der Waals surface area contributed by atoms with Crippen LogP contribution in [-0.4, -0.2) is 34.5 Å². The van der Waals surface area contributed by atoms with Crippen molar-refractivity contribution >= 4 is 11.9 Å². The molecule has 0 aromatic carbocycles. The van der Waals surface area contributed by atoms with E-state index in [1.165, 1.54) is 0 Å². The van der Waals surface area contributed by atoms with Crippen LogP contribution in [0.2, 0.25) is 0 Å². The van der Waals surface area contributed by atoms with Crippen molar-refractivity contribution in [1.29, 1.82) is 0 Å². The second kappa shape index (κ2) is 5.60. The number of alkyl halides is 3. The summed E-state index contributed by atoms with van der Waals surface area (Å²) in [6, 6.07) is -0.135. The average Bonchev–Trinajstić information content (AvgIpc) is 2.84. The standard InChI is InChI=1S/C16H19F3N4O/c17-16(18,19)14-11-3-1-2-4-12(11)21-15(22-14)23-9-5-6-10(23)8-20-13(24)7-9/h9-10H,1-8H2,(H,20,24)/t9-,10+/m1/s1. The lowest BCUT2D eigenvalue weighted by atomic mass is 9.94. The summed E-state index contributed by atoms with van der Waals surface area (Å²) in [7, 11) is 0. The number of hydrogen-bond donors (Lipinski definition) is 1. The number of anilines is 1. The third-order valence-electron chi connectivity index (χ3n) is 5.25. The molecule has 1 amide bonds. The number of halogens is 3. The summed E-state index contributed by atoms with van der Waals surface area (Å²) in [5, 5.41) is 2.82. The third kappa shape index (κ3) is 2.61. The zero-order valence-electron chi connectivity index (χ0n) is 13.2. The highest BCUT2D eigenvalue weighted by atomic mass is 19.4. The predicted octanol–water partition coefficient (Wildman–Crippen LogP) is 2.23. The van der Waals surface area contributed by atoms with Crippen molar-refractivity contribution in [3.63, 3.8) is 0 Å². The van der Waals surface area contributed by atoms with Gasteiger partial charge in [-0.05, 0) is 38.5 Å².